The molecule has 0 aliphatic rings. The van der Waals surface area contributed by atoms with Gasteiger partial charge in [-0.25, -0.2) is 0 Å². The Balaban J connectivity index is 1.85. The fourth-order valence-electron chi connectivity index (χ4n) is 1.94. The van der Waals surface area contributed by atoms with E-state index >= 15 is 0 Å². The zero-order valence-corrected chi connectivity index (χ0v) is 13.3. The predicted octanol–water partition coefficient (Wildman–Crippen LogP) is 3.29. The summed E-state index contributed by atoms with van der Waals surface area (Å²) in [6.07, 6.45) is -4.79. The van der Waals surface area contributed by atoms with Crippen LogP contribution in [0.2, 0.25) is 0 Å². The summed E-state index contributed by atoms with van der Waals surface area (Å²) in [5, 5.41) is 2.48. The largest absolute Gasteiger partial charge is 0.573 e. The van der Waals surface area contributed by atoms with Crippen molar-refractivity contribution in [2.75, 3.05) is 13.7 Å². The van der Waals surface area contributed by atoms with Crippen LogP contribution < -0.4 is 19.5 Å². The van der Waals surface area contributed by atoms with Crippen molar-refractivity contribution in [2.45, 2.75) is 12.9 Å². The van der Waals surface area contributed by atoms with Crippen LogP contribution in [0.1, 0.15) is 5.56 Å². The first-order valence-electron chi connectivity index (χ1n) is 7.24. The average molecular weight is 355 g/mol. The lowest BCUT2D eigenvalue weighted by Gasteiger charge is -2.13. The Morgan fingerprint density at radius 3 is 2.32 bits per heavy atom. The van der Waals surface area contributed by atoms with Crippen LogP contribution in [0.4, 0.5) is 13.2 Å². The SMILES string of the molecule is COc1ccc(OCC(=O)NCc2ccccc2OC(F)(F)F)cc1. The van der Waals surface area contributed by atoms with Crippen LogP contribution in [0.15, 0.2) is 48.5 Å². The van der Waals surface area contributed by atoms with Crippen LogP contribution in [-0.2, 0) is 11.3 Å². The molecule has 0 unspecified atom stereocenters. The fourth-order valence-corrected chi connectivity index (χ4v) is 1.94. The summed E-state index contributed by atoms with van der Waals surface area (Å²) >= 11 is 0. The second kappa shape index (κ2) is 8.27. The topological polar surface area (TPSA) is 56.8 Å². The highest BCUT2D eigenvalue weighted by molar-refractivity contribution is 5.77. The Kier molecular flexibility index (Phi) is 6.10. The number of alkyl halides is 3. The maximum absolute atomic E-state index is 12.3. The van der Waals surface area contributed by atoms with E-state index in [9.17, 15) is 18.0 Å². The second-order valence-corrected chi connectivity index (χ2v) is 4.90. The summed E-state index contributed by atoms with van der Waals surface area (Å²) in [5.74, 6) is 0.291. The molecule has 0 spiro atoms. The molecule has 8 heteroatoms. The predicted molar refractivity (Wildman–Crippen MR) is 83.5 cm³/mol. The zero-order chi connectivity index (χ0) is 18.3. The van der Waals surface area contributed by atoms with Crippen LogP contribution in [0.3, 0.4) is 0 Å². The maximum Gasteiger partial charge on any atom is 0.573 e. The zero-order valence-electron chi connectivity index (χ0n) is 13.3. The lowest BCUT2D eigenvalue weighted by molar-refractivity contribution is -0.274. The molecule has 0 atom stereocenters. The van der Waals surface area contributed by atoms with Crippen LogP contribution in [-0.4, -0.2) is 26.0 Å². The van der Waals surface area contributed by atoms with Crippen LogP contribution in [0, 0.1) is 0 Å². The van der Waals surface area contributed by atoms with Gasteiger partial charge in [-0.1, -0.05) is 18.2 Å². The van der Waals surface area contributed by atoms with E-state index in [1.54, 1.807) is 30.3 Å². The van der Waals surface area contributed by atoms with Gasteiger partial charge in [-0.3, -0.25) is 4.79 Å². The molecule has 0 aliphatic carbocycles. The monoisotopic (exact) mass is 355 g/mol. The summed E-state index contributed by atoms with van der Waals surface area (Å²) in [6.45, 7) is -0.383. The van der Waals surface area contributed by atoms with Gasteiger partial charge in [0, 0.05) is 12.1 Å². The highest BCUT2D eigenvalue weighted by Gasteiger charge is 2.31. The van der Waals surface area contributed by atoms with Gasteiger partial charge in [-0.2, -0.15) is 0 Å². The van der Waals surface area contributed by atoms with Gasteiger partial charge in [-0.05, 0) is 30.3 Å². The first-order chi connectivity index (χ1) is 11.9. The summed E-state index contributed by atoms with van der Waals surface area (Å²) in [4.78, 5) is 11.8. The molecular weight excluding hydrogens is 339 g/mol. The molecule has 2 aromatic rings. The van der Waals surface area contributed by atoms with Crippen LogP contribution in [0.5, 0.6) is 17.2 Å². The summed E-state index contributed by atoms with van der Waals surface area (Å²) < 4.78 is 51.2. The molecule has 134 valence electrons. The quantitative estimate of drug-likeness (QED) is 0.828. The number of ether oxygens (including phenoxy) is 3. The summed E-state index contributed by atoms with van der Waals surface area (Å²) in [5.41, 5.74) is 0.206. The lowest BCUT2D eigenvalue weighted by atomic mass is 10.2. The molecule has 0 aromatic heterocycles. The third-order valence-corrected chi connectivity index (χ3v) is 3.10. The minimum absolute atomic E-state index is 0.114. The van der Waals surface area contributed by atoms with Gasteiger partial charge < -0.3 is 19.5 Å². The molecule has 0 radical (unpaired) electrons. The molecule has 0 saturated carbocycles. The number of rotatable bonds is 7. The van der Waals surface area contributed by atoms with E-state index in [1.807, 2.05) is 0 Å². The van der Waals surface area contributed by atoms with E-state index in [2.05, 4.69) is 10.1 Å². The number of amides is 1. The van der Waals surface area contributed by atoms with Crippen molar-refractivity contribution in [3.05, 3.63) is 54.1 Å². The number of para-hydroxylation sites is 1. The molecule has 0 heterocycles. The molecular formula is C17H16F3NO4. The first-order valence-corrected chi connectivity index (χ1v) is 7.24. The highest BCUT2D eigenvalue weighted by atomic mass is 19.4. The third kappa shape index (κ3) is 6.25. The Morgan fingerprint density at radius 2 is 1.68 bits per heavy atom. The molecule has 0 fully saturated rings. The Bertz CT molecular complexity index is 702. The Labute approximate surface area is 142 Å². The van der Waals surface area contributed by atoms with Gasteiger partial charge in [0.1, 0.15) is 17.2 Å². The smallest absolute Gasteiger partial charge is 0.497 e. The molecule has 25 heavy (non-hydrogen) atoms. The summed E-state index contributed by atoms with van der Waals surface area (Å²) in [6, 6.07) is 12.2. The van der Waals surface area contributed by atoms with E-state index in [4.69, 9.17) is 9.47 Å². The number of halogens is 3. The Morgan fingerprint density at radius 1 is 1.04 bits per heavy atom. The molecule has 5 nitrogen and oxygen atoms in total. The van der Waals surface area contributed by atoms with Crippen molar-refractivity contribution < 1.29 is 32.2 Å². The fraction of sp³-hybridized carbons (Fsp3) is 0.235. The molecule has 2 rings (SSSR count). The second-order valence-electron chi connectivity index (χ2n) is 4.90. The van der Waals surface area contributed by atoms with E-state index < -0.39 is 12.3 Å². The Hall–Kier alpha value is -2.90. The minimum Gasteiger partial charge on any atom is -0.497 e. The van der Waals surface area contributed by atoms with Crippen molar-refractivity contribution in [3.63, 3.8) is 0 Å². The number of carbonyl (C=O) groups is 1. The molecule has 2 aromatic carbocycles. The summed E-state index contributed by atoms with van der Waals surface area (Å²) in [7, 11) is 1.53. The average Bonchev–Trinajstić information content (AvgIpc) is 2.58. The maximum atomic E-state index is 12.3. The standard InChI is InChI=1S/C17H16F3NO4/c1-23-13-6-8-14(9-7-13)24-11-16(22)21-10-12-4-2-3-5-15(12)25-17(18,19)20/h2-9H,10-11H2,1H3,(H,21,22). The van der Waals surface area contributed by atoms with Gasteiger partial charge in [0.05, 0.1) is 7.11 Å². The van der Waals surface area contributed by atoms with Gasteiger partial charge in [0.15, 0.2) is 6.61 Å². The normalized spacial score (nSPS) is 10.9. The van der Waals surface area contributed by atoms with Gasteiger partial charge in [0.25, 0.3) is 5.91 Å². The third-order valence-electron chi connectivity index (χ3n) is 3.10. The van der Waals surface area contributed by atoms with E-state index in [0.29, 0.717) is 11.5 Å². The first kappa shape index (κ1) is 18.4. The highest BCUT2D eigenvalue weighted by Crippen LogP contribution is 2.26. The van der Waals surface area contributed by atoms with Crippen LogP contribution in [0.25, 0.3) is 0 Å². The van der Waals surface area contributed by atoms with Crippen molar-refractivity contribution >= 4 is 5.91 Å². The number of methoxy groups -OCH3 is 1. The molecule has 0 aliphatic heterocycles. The van der Waals surface area contributed by atoms with Gasteiger partial charge in [-0.15, -0.1) is 13.2 Å². The van der Waals surface area contributed by atoms with E-state index in [0.717, 1.165) is 0 Å². The number of carbonyl (C=O) groups excluding carboxylic acids is 1. The molecule has 1 N–H and O–H groups in total. The van der Waals surface area contributed by atoms with Crippen molar-refractivity contribution in [3.8, 4) is 17.2 Å². The molecule has 0 saturated heterocycles. The minimum atomic E-state index is -4.79. The van der Waals surface area contributed by atoms with Crippen molar-refractivity contribution in [2.24, 2.45) is 0 Å². The number of hydrogen-bond acceptors (Lipinski definition) is 4. The van der Waals surface area contributed by atoms with Gasteiger partial charge >= 0.3 is 6.36 Å². The molecule has 0 bridgehead atoms. The lowest BCUT2D eigenvalue weighted by Crippen LogP contribution is -2.29. The van der Waals surface area contributed by atoms with Crippen LogP contribution >= 0.6 is 0 Å². The van der Waals surface area contributed by atoms with E-state index in [1.165, 1.54) is 25.3 Å². The van der Waals surface area contributed by atoms with Gasteiger partial charge in [0.2, 0.25) is 0 Å². The number of benzene rings is 2. The number of hydrogen-bond donors (Lipinski definition) is 1. The van der Waals surface area contributed by atoms with Crippen molar-refractivity contribution in [1.82, 2.24) is 5.32 Å². The molecule has 1 amide bonds. The van der Waals surface area contributed by atoms with E-state index in [-0.39, 0.29) is 24.5 Å². The van der Waals surface area contributed by atoms with Crippen molar-refractivity contribution in [1.29, 1.82) is 0 Å². The number of nitrogens with one attached hydrogen (secondary N) is 1.